The van der Waals surface area contributed by atoms with Gasteiger partial charge in [-0.1, -0.05) is 69.2 Å². The lowest BCUT2D eigenvalue weighted by Crippen LogP contribution is -2.42. The van der Waals surface area contributed by atoms with E-state index in [1.807, 2.05) is 30.3 Å². The van der Waals surface area contributed by atoms with Crippen LogP contribution in [-0.2, 0) is 11.2 Å². The molecule has 1 amide bonds. The predicted octanol–water partition coefficient (Wildman–Crippen LogP) is 2.90. The highest BCUT2D eigenvalue weighted by Crippen LogP contribution is 2.15. The number of carbonyl (C=O) groups is 1. The second-order valence-electron chi connectivity index (χ2n) is 6.39. The summed E-state index contributed by atoms with van der Waals surface area (Å²) in [5.41, 5.74) is 15.0. The SMILES string of the molecule is CCC/C(=C\C(=C/N)C(C)C)CNC(=O)[C@@H](N)Cc1ccccc1. The van der Waals surface area contributed by atoms with Gasteiger partial charge in [0.2, 0.25) is 5.91 Å². The van der Waals surface area contributed by atoms with Gasteiger partial charge in [0.1, 0.15) is 0 Å². The average molecular weight is 329 g/mol. The van der Waals surface area contributed by atoms with Crippen LogP contribution in [0.25, 0.3) is 0 Å². The normalized spacial score (nSPS) is 13.9. The molecule has 4 heteroatoms. The van der Waals surface area contributed by atoms with E-state index >= 15 is 0 Å². The van der Waals surface area contributed by atoms with Gasteiger partial charge in [-0.3, -0.25) is 4.79 Å². The Morgan fingerprint density at radius 2 is 1.92 bits per heavy atom. The molecule has 1 rings (SSSR count). The minimum absolute atomic E-state index is 0.122. The Morgan fingerprint density at radius 3 is 2.46 bits per heavy atom. The maximum atomic E-state index is 12.2. The van der Waals surface area contributed by atoms with Crippen LogP contribution in [0.5, 0.6) is 0 Å². The topological polar surface area (TPSA) is 81.1 Å². The van der Waals surface area contributed by atoms with E-state index in [-0.39, 0.29) is 5.91 Å². The van der Waals surface area contributed by atoms with Gasteiger partial charge in [-0.15, -0.1) is 0 Å². The molecular weight excluding hydrogens is 298 g/mol. The van der Waals surface area contributed by atoms with Crippen molar-refractivity contribution in [3.05, 3.63) is 59.3 Å². The molecule has 0 aliphatic carbocycles. The molecule has 0 aliphatic heterocycles. The first-order valence-corrected chi connectivity index (χ1v) is 8.66. The molecule has 132 valence electrons. The van der Waals surface area contributed by atoms with E-state index in [2.05, 4.69) is 32.2 Å². The van der Waals surface area contributed by atoms with Crippen molar-refractivity contribution >= 4 is 5.91 Å². The molecule has 0 aliphatic rings. The maximum absolute atomic E-state index is 12.2. The monoisotopic (exact) mass is 329 g/mol. The molecule has 0 fully saturated rings. The van der Waals surface area contributed by atoms with Gasteiger partial charge in [0.25, 0.3) is 0 Å². The second kappa shape index (κ2) is 10.7. The molecule has 0 unspecified atom stereocenters. The molecule has 5 N–H and O–H groups in total. The van der Waals surface area contributed by atoms with Crippen LogP contribution in [0.2, 0.25) is 0 Å². The van der Waals surface area contributed by atoms with Gasteiger partial charge in [-0.25, -0.2) is 0 Å². The number of amides is 1. The zero-order valence-corrected chi connectivity index (χ0v) is 15.1. The van der Waals surface area contributed by atoms with E-state index in [1.165, 1.54) is 5.57 Å². The molecular formula is C20H31N3O. The number of hydrogen-bond acceptors (Lipinski definition) is 3. The van der Waals surface area contributed by atoms with E-state index in [1.54, 1.807) is 6.20 Å². The highest BCUT2D eigenvalue weighted by Gasteiger charge is 2.14. The van der Waals surface area contributed by atoms with Crippen LogP contribution in [0.1, 0.15) is 39.2 Å². The van der Waals surface area contributed by atoms with Gasteiger partial charge in [0.15, 0.2) is 0 Å². The number of hydrogen-bond donors (Lipinski definition) is 3. The van der Waals surface area contributed by atoms with E-state index in [9.17, 15) is 4.79 Å². The lowest BCUT2D eigenvalue weighted by atomic mass is 9.99. The van der Waals surface area contributed by atoms with Crippen LogP contribution >= 0.6 is 0 Å². The highest BCUT2D eigenvalue weighted by atomic mass is 16.2. The Hall–Kier alpha value is -2.07. The summed E-state index contributed by atoms with van der Waals surface area (Å²) in [7, 11) is 0. The van der Waals surface area contributed by atoms with Crippen LogP contribution in [-0.4, -0.2) is 18.5 Å². The number of allylic oxidation sites excluding steroid dienone is 2. The van der Waals surface area contributed by atoms with Gasteiger partial charge in [0.05, 0.1) is 6.04 Å². The van der Waals surface area contributed by atoms with E-state index in [0.29, 0.717) is 18.9 Å². The minimum atomic E-state index is -0.537. The molecule has 4 nitrogen and oxygen atoms in total. The lowest BCUT2D eigenvalue weighted by Gasteiger charge is -2.15. The van der Waals surface area contributed by atoms with Crippen molar-refractivity contribution < 1.29 is 4.79 Å². The maximum Gasteiger partial charge on any atom is 0.237 e. The third-order valence-corrected chi connectivity index (χ3v) is 3.93. The number of nitrogens with one attached hydrogen (secondary N) is 1. The largest absolute Gasteiger partial charge is 0.404 e. The molecule has 0 bridgehead atoms. The summed E-state index contributed by atoms with van der Waals surface area (Å²) in [6.45, 7) is 6.84. The third kappa shape index (κ3) is 7.01. The second-order valence-corrected chi connectivity index (χ2v) is 6.39. The molecule has 1 aromatic carbocycles. The van der Waals surface area contributed by atoms with Crippen molar-refractivity contribution in [1.29, 1.82) is 0 Å². The van der Waals surface area contributed by atoms with Gasteiger partial charge in [-0.2, -0.15) is 0 Å². The fraction of sp³-hybridized carbons (Fsp3) is 0.450. The summed E-state index contributed by atoms with van der Waals surface area (Å²) >= 11 is 0. The summed E-state index contributed by atoms with van der Waals surface area (Å²) in [6.07, 6.45) is 6.23. The summed E-state index contributed by atoms with van der Waals surface area (Å²) in [5.74, 6) is 0.238. The van der Waals surface area contributed by atoms with E-state index in [4.69, 9.17) is 11.5 Å². The van der Waals surface area contributed by atoms with Crippen molar-refractivity contribution in [3.8, 4) is 0 Å². The van der Waals surface area contributed by atoms with Crippen LogP contribution < -0.4 is 16.8 Å². The third-order valence-electron chi connectivity index (χ3n) is 3.93. The fourth-order valence-corrected chi connectivity index (χ4v) is 2.47. The standard InChI is InChI=1S/C20H31N3O/c1-4-8-17(11-18(13-21)15(2)3)14-23-20(24)19(22)12-16-9-6-5-7-10-16/h5-7,9-11,13,15,19H,4,8,12,14,21-22H2,1-3H3,(H,23,24)/b17-11+,18-13+/t19-/m0/s1. The van der Waals surface area contributed by atoms with Crippen molar-refractivity contribution in [2.75, 3.05) is 6.54 Å². The molecule has 0 spiro atoms. The number of rotatable bonds is 9. The summed E-state index contributed by atoms with van der Waals surface area (Å²) in [5, 5.41) is 2.96. The van der Waals surface area contributed by atoms with Crippen molar-refractivity contribution in [3.63, 3.8) is 0 Å². The summed E-state index contributed by atoms with van der Waals surface area (Å²) < 4.78 is 0. The van der Waals surface area contributed by atoms with Gasteiger partial charge >= 0.3 is 0 Å². The Morgan fingerprint density at radius 1 is 1.25 bits per heavy atom. The van der Waals surface area contributed by atoms with Crippen LogP contribution in [0.15, 0.2) is 53.8 Å². The smallest absolute Gasteiger partial charge is 0.237 e. The van der Waals surface area contributed by atoms with Crippen molar-refractivity contribution in [1.82, 2.24) is 5.32 Å². The zero-order valence-electron chi connectivity index (χ0n) is 15.1. The summed E-state index contributed by atoms with van der Waals surface area (Å²) in [4.78, 5) is 12.2. The average Bonchev–Trinajstić information content (AvgIpc) is 2.57. The van der Waals surface area contributed by atoms with Crippen LogP contribution in [0.3, 0.4) is 0 Å². The fourth-order valence-electron chi connectivity index (χ4n) is 2.47. The van der Waals surface area contributed by atoms with Crippen LogP contribution in [0.4, 0.5) is 0 Å². The van der Waals surface area contributed by atoms with Crippen molar-refractivity contribution in [2.45, 2.75) is 46.1 Å². The molecule has 0 saturated carbocycles. The Labute approximate surface area is 146 Å². The minimum Gasteiger partial charge on any atom is -0.404 e. The zero-order chi connectivity index (χ0) is 17.9. The first-order valence-electron chi connectivity index (χ1n) is 8.66. The number of benzene rings is 1. The summed E-state index contributed by atoms with van der Waals surface area (Å²) in [6, 6.07) is 9.29. The van der Waals surface area contributed by atoms with Gasteiger partial charge in [-0.05, 0) is 36.1 Å². The van der Waals surface area contributed by atoms with E-state index in [0.717, 1.165) is 24.0 Å². The lowest BCUT2D eigenvalue weighted by molar-refractivity contribution is -0.122. The van der Waals surface area contributed by atoms with Crippen molar-refractivity contribution in [2.24, 2.45) is 17.4 Å². The molecule has 0 saturated heterocycles. The van der Waals surface area contributed by atoms with Crippen LogP contribution in [0, 0.1) is 5.92 Å². The Bertz CT molecular complexity index is 562. The number of carbonyl (C=O) groups excluding carboxylic acids is 1. The quantitative estimate of drug-likeness (QED) is 0.609. The predicted molar refractivity (Wildman–Crippen MR) is 101 cm³/mol. The molecule has 1 atom stereocenters. The van der Waals surface area contributed by atoms with Gasteiger partial charge in [0, 0.05) is 6.54 Å². The molecule has 0 heterocycles. The molecule has 1 aromatic rings. The highest BCUT2D eigenvalue weighted by molar-refractivity contribution is 5.82. The molecule has 0 aromatic heterocycles. The Balaban J connectivity index is 2.62. The van der Waals surface area contributed by atoms with Gasteiger partial charge < -0.3 is 16.8 Å². The first kappa shape index (κ1) is 20.0. The Kier molecular flexibility index (Phi) is 8.87. The molecule has 0 radical (unpaired) electrons. The molecule has 24 heavy (non-hydrogen) atoms. The van der Waals surface area contributed by atoms with E-state index < -0.39 is 6.04 Å². The first-order chi connectivity index (χ1) is 11.5. The number of nitrogens with two attached hydrogens (primary N) is 2.